The van der Waals surface area contributed by atoms with Crippen molar-refractivity contribution >= 4 is 28.9 Å². The molecule has 0 aliphatic heterocycles. The summed E-state index contributed by atoms with van der Waals surface area (Å²) >= 11 is 0.631. The minimum absolute atomic E-state index is 0.161. The zero-order chi connectivity index (χ0) is 15.7. The quantitative estimate of drug-likeness (QED) is 0.835. The van der Waals surface area contributed by atoms with Gasteiger partial charge in [0.05, 0.1) is 5.69 Å². The summed E-state index contributed by atoms with van der Waals surface area (Å²) in [4.78, 5) is 22.3. The van der Waals surface area contributed by atoms with Gasteiger partial charge in [0.25, 0.3) is 5.78 Å². The number of Topliss-reactive ketones (excluding diaryl/α,β-unsaturated/α-hetero) is 1. The third kappa shape index (κ3) is 4.22. The van der Waals surface area contributed by atoms with Gasteiger partial charge in [-0.05, 0) is 38.6 Å². The highest BCUT2D eigenvalue weighted by molar-refractivity contribution is 7.13. The zero-order valence-electron chi connectivity index (χ0n) is 11.3. The second kappa shape index (κ2) is 5.43. The van der Waals surface area contributed by atoms with Crippen LogP contribution in [-0.2, 0) is 4.74 Å². The lowest BCUT2D eigenvalue weighted by atomic mass is 10.2. The van der Waals surface area contributed by atoms with Crippen LogP contribution in [-0.4, -0.2) is 23.7 Å². The van der Waals surface area contributed by atoms with E-state index in [1.165, 1.54) is 12.3 Å². The van der Waals surface area contributed by atoms with Crippen LogP contribution in [0.15, 0.2) is 5.38 Å². The molecule has 1 N–H and O–H groups in total. The van der Waals surface area contributed by atoms with Crippen molar-refractivity contribution < 1.29 is 27.5 Å². The monoisotopic (exact) mass is 309 g/mol. The van der Waals surface area contributed by atoms with Gasteiger partial charge in [0.15, 0.2) is 0 Å². The average molecular weight is 309 g/mol. The van der Waals surface area contributed by atoms with Crippen molar-refractivity contribution in [1.82, 2.24) is 0 Å². The second-order valence-corrected chi connectivity index (χ2v) is 5.96. The predicted molar refractivity (Wildman–Crippen MR) is 69.3 cm³/mol. The van der Waals surface area contributed by atoms with Gasteiger partial charge >= 0.3 is 12.3 Å². The lowest BCUT2D eigenvalue weighted by molar-refractivity contribution is -0.0882. The van der Waals surface area contributed by atoms with E-state index in [2.05, 4.69) is 5.32 Å². The van der Waals surface area contributed by atoms with Crippen molar-refractivity contribution in [3.63, 3.8) is 0 Å². The van der Waals surface area contributed by atoms with Gasteiger partial charge in [0.2, 0.25) is 0 Å². The van der Waals surface area contributed by atoms with Gasteiger partial charge in [0.1, 0.15) is 10.5 Å². The molecule has 20 heavy (non-hydrogen) atoms. The van der Waals surface area contributed by atoms with Crippen LogP contribution in [0.4, 0.5) is 23.7 Å². The summed E-state index contributed by atoms with van der Waals surface area (Å²) in [6, 6.07) is 0. The number of carbonyl (C=O) groups is 2. The molecule has 112 valence electrons. The van der Waals surface area contributed by atoms with Crippen LogP contribution < -0.4 is 5.32 Å². The fourth-order valence-corrected chi connectivity index (χ4v) is 2.27. The van der Waals surface area contributed by atoms with Crippen LogP contribution in [0.5, 0.6) is 0 Å². The molecule has 0 bridgehead atoms. The Kier molecular flexibility index (Phi) is 4.48. The summed E-state index contributed by atoms with van der Waals surface area (Å²) in [7, 11) is 0. The molecule has 1 rings (SSSR count). The lowest BCUT2D eigenvalue weighted by Crippen LogP contribution is -2.28. The van der Waals surface area contributed by atoms with Gasteiger partial charge in [-0.2, -0.15) is 13.2 Å². The Bertz CT molecular complexity index is 529. The van der Waals surface area contributed by atoms with Gasteiger partial charge in [-0.1, -0.05) is 0 Å². The maximum atomic E-state index is 12.4. The zero-order valence-corrected chi connectivity index (χ0v) is 12.2. The first kappa shape index (κ1) is 16.5. The number of hydrogen-bond donors (Lipinski definition) is 1. The molecule has 0 aromatic carbocycles. The summed E-state index contributed by atoms with van der Waals surface area (Å²) in [6.07, 6.45) is -5.89. The third-order valence-corrected chi connectivity index (χ3v) is 3.16. The molecule has 0 fully saturated rings. The van der Waals surface area contributed by atoms with Crippen molar-refractivity contribution in [2.24, 2.45) is 0 Å². The number of ether oxygens (including phenoxy) is 1. The molecule has 1 aromatic rings. The number of thiophene rings is 1. The number of carbonyl (C=O) groups excluding carboxylic acids is 2. The number of anilines is 1. The third-order valence-electron chi connectivity index (χ3n) is 2.06. The molecule has 0 aliphatic rings. The van der Waals surface area contributed by atoms with E-state index in [1.807, 2.05) is 0 Å². The standard InChI is InChI=1S/C12H14F3NO3S/c1-6-5-20-8(9(17)12(13,14)15)7(6)16-10(18)19-11(2,3)4/h5H,1-4H3,(H,16,18). The first-order valence-corrected chi connectivity index (χ1v) is 6.49. The van der Waals surface area contributed by atoms with Crippen molar-refractivity contribution in [3.05, 3.63) is 15.8 Å². The summed E-state index contributed by atoms with van der Waals surface area (Å²) in [5, 5.41) is 3.56. The molecule has 1 aromatic heterocycles. The molecule has 8 heteroatoms. The van der Waals surface area contributed by atoms with Gasteiger partial charge < -0.3 is 4.74 Å². The number of rotatable bonds is 2. The normalized spacial score (nSPS) is 12.2. The Morgan fingerprint density at radius 1 is 1.25 bits per heavy atom. The smallest absolute Gasteiger partial charge is 0.444 e. The average Bonchev–Trinajstić information content (AvgIpc) is 2.55. The first-order valence-electron chi connectivity index (χ1n) is 5.61. The largest absolute Gasteiger partial charge is 0.455 e. The summed E-state index contributed by atoms with van der Waals surface area (Å²) in [6.45, 7) is 6.36. The highest BCUT2D eigenvalue weighted by Gasteiger charge is 2.42. The van der Waals surface area contributed by atoms with Crippen LogP contribution in [0, 0.1) is 6.92 Å². The molecule has 0 saturated carbocycles. The fraction of sp³-hybridized carbons (Fsp3) is 0.500. The maximum absolute atomic E-state index is 12.4. The van der Waals surface area contributed by atoms with Gasteiger partial charge in [-0.25, -0.2) is 4.79 Å². The minimum atomic E-state index is -4.98. The number of hydrogen-bond acceptors (Lipinski definition) is 4. The minimum Gasteiger partial charge on any atom is -0.444 e. The van der Waals surface area contributed by atoms with E-state index < -0.39 is 28.5 Å². The fourth-order valence-electron chi connectivity index (χ4n) is 1.30. The first-order chi connectivity index (χ1) is 8.92. The molecule has 0 saturated heterocycles. The molecular weight excluding hydrogens is 295 g/mol. The summed E-state index contributed by atoms with van der Waals surface area (Å²) in [5.74, 6) is -1.98. The molecule has 1 heterocycles. The SMILES string of the molecule is Cc1csc(C(=O)C(F)(F)F)c1NC(=O)OC(C)(C)C. The van der Waals surface area contributed by atoms with E-state index in [9.17, 15) is 22.8 Å². The second-order valence-electron chi connectivity index (χ2n) is 5.08. The van der Waals surface area contributed by atoms with Gasteiger partial charge in [-0.3, -0.25) is 10.1 Å². The van der Waals surface area contributed by atoms with Gasteiger partial charge in [0, 0.05) is 0 Å². The van der Waals surface area contributed by atoms with Crippen molar-refractivity contribution in [2.45, 2.75) is 39.5 Å². The summed E-state index contributed by atoms with van der Waals surface area (Å²) in [5.41, 5.74) is -0.581. The molecule has 4 nitrogen and oxygen atoms in total. The Balaban J connectivity index is 3.00. The predicted octanol–water partition coefficient (Wildman–Crippen LogP) is 4.15. The number of halogens is 3. The number of ketones is 1. The number of amides is 1. The van der Waals surface area contributed by atoms with Crippen LogP contribution in [0.2, 0.25) is 0 Å². The van der Waals surface area contributed by atoms with Crippen molar-refractivity contribution in [2.75, 3.05) is 5.32 Å². The highest BCUT2D eigenvalue weighted by Crippen LogP contribution is 2.33. The van der Waals surface area contributed by atoms with Crippen molar-refractivity contribution in [1.29, 1.82) is 0 Å². The lowest BCUT2D eigenvalue weighted by Gasteiger charge is -2.20. The molecule has 0 radical (unpaired) electrons. The topological polar surface area (TPSA) is 55.4 Å². The maximum Gasteiger partial charge on any atom is 0.455 e. The highest BCUT2D eigenvalue weighted by atomic mass is 32.1. The van der Waals surface area contributed by atoms with Gasteiger partial charge in [-0.15, -0.1) is 11.3 Å². The van der Waals surface area contributed by atoms with Crippen molar-refractivity contribution in [3.8, 4) is 0 Å². The van der Waals surface area contributed by atoms with E-state index >= 15 is 0 Å². The Morgan fingerprint density at radius 3 is 2.25 bits per heavy atom. The Labute approximate surface area is 117 Å². The Morgan fingerprint density at radius 2 is 1.80 bits per heavy atom. The summed E-state index contributed by atoms with van der Waals surface area (Å²) < 4.78 is 42.3. The van der Waals surface area contributed by atoms with E-state index in [0.717, 1.165) is 0 Å². The Hall–Kier alpha value is -1.57. The van der Waals surface area contributed by atoms with Crippen LogP contribution >= 0.6 is 11.3 Å². The molecule has 0 aliphatic carbocycles. The number of aryl methyl sites for hydroxylation is 1. The van der Waals surface area contributed by atoms with E-state index in [4.69, 9.17) is 4.74 Å². The van der Waals surface area contributed by atoms with Crippen LogP contribution in [0.1, 0.15) is 36.0 Å². The van der Waals surface area contributed by atoms with E-state index in [0.29, 0.717) is 16.9 Å². The van der Waals surface area contributed by atoms with E-state index in [-0.39, 0.29) is 5.69 Å². The molecule has 0 spiro atoms. The molecule has 0 atom stereocenters. The molecule has 0 unspecified atom stereocenters. The van der Waals surface area contributed by atoms with Crippen LogP contribution in [0.25, 0.3) is 0 Å². The van der Waals surface area contributed by atoms with Crippen LogP contribution in [0.3, 0.4) is 0 Å². The molecular formula is C12H14F3NO3S. The van der Waals surface area contributed by atoms with E-state index in [1.54, 1.807) is 20.8 Å². The molecule has 1 amide bonds. The number of nitrogens with one attached hydrogen (secondary N) is 1. The number of alkyl halides is 3.